The Hall–Kier alpha value is -2.70. The zero-order valence-corrected chi connectivity index (χ0v) is 19.5. The van der Waals surface area contributed by atoms with Gasteiger partial charge >= 0.3 is 5.97 Å². The molecule has 0 aliphatic heterocycles. The lowest BCUT2D eigenvalue weighted by molar-refractivity contribution is 0.0697. The second-order valence-corrected chi connectivity index (χ2v) is 8.18. The first-order chi connectivity index (χ1) is 14.9. The summed E-state index contributed by atoms with van der Waals surface area (Å²) in [5, 5.41) is 9.66. The summed E-state index contributed by atoms with van der Waals surface area (Å²) < 4.78 is 17.6. The first-order valence-corrected chi connectivity index (χ1v) is 10.7. The fourth-order valence-corrected chi connectivity index (χ4v) is 4.15. The molecule has 1 N–H and O–H groups in total. The number of hydrogen-bond donors (Lipinski definition) is 1. The van der Waals surface area contributed by atoms with Gasteiger partial charge in [-0.25, -0.2) is 4.79 Å². The molecule has 0 amide bonds. The van der Waals surface area contributed by atoms with E-state index >= 15 is 0 Å². The summed E-state index contributed by atoms with van der Waals surface area (Å²) in [6.07, 6.45) is 1.40. The van der Waals surface area contributed by atoms with Crippen LogP contribution in [0.15, 0.2) is 59.1 Å². The number of halogens is 2. The molecule has 5 nitrogen and oxygen atoms in total. The highest BCUT2D eigenvalue weighted by molar-refractivity contribution is 9.10. The topological polar surface area (TPSA) is 65.0 Å². The SMILES string of the molecule is COc1cc(COc2c(Br)cc(Cl)cc2CCc2ccc(C(=O)O)cc2)cc(OC)c1. The Labute approximate surface area is 194 Å². The van der Waals surface area contributed by atoms with Gasteiger partial charge in [-0.2, -0.15) is 0 Å². The molecule has 162 valence electrons. The van der Waals surface area contributed by atoms with Crippen molar-refractivity contribution in [3.8, 4) is 17.2 Å². The standard InChI is InChI=1S/C24H22BrClO5/c1-29-20-9-16(10-21(13-20)30-2)14-31-23-18(11-19(26)12-22(23)25)8-5-15-3-6-17(7-4-15)24(27)28/h3-4,6-7,9-13H,5,8,14H2,1-2H3,(H,27,28). The van der Waals surface area contributed by atoms with E-state index in [2.05, 4.69) is 15.9 Å². The van der Waals surface area contributed by atoms with Crippen LogP contribution in [0.3, 0.4) is 0 Å². The van der Waals surface area contributed by atoms with E-state index in [1.54, 1.807) is 32.4 Å². The van der Waals surface area contributed by atoms with Crippen LogP contribution in [0.5, 0.6) is 17.2 Å². The van der Waals surface area contributed by atoms with Gasteiger partial charge in [0.1, 0.15) is 23.9 Å². The number of aromatic carboxylic acids is 1. The zero-order chi connectivity index (χ0) is 22.4. The van der Waals surface area contributed by atoms with Gasteiger partial charge < -0.3 is 19.3 Å². The summed E-state index contributed by atoms with van der Waals surface area (Å²) >= 11 is 9.83. The third-order valence-corrected chi connectivity index (χ3v) is 5.57. The number of methoxy groups -OCH3 is 2. The number of ether oxygens (including phenoxy) is 3. The second kappa shape index (κ2) is 10.6. The molecule has 3 aromatic carbocycles. The minimum Gasteiger partial charge on any atom is -0.497 e. The maximum absolute atomic E-state index is 11.0. The minimum absolute atomic E-state index is 0.270. The Morgan fingerprint density at radius 3 is 2.16 bits per heavy atom. The molecule has 0 saturated carbocycles. The molecular weight excluding hydrogens is 484 g/mol. The molecule has 0 spiro atoms. The summed E-state index contributed by atoms with van der Waals surface area (Å²) in [5.41, 5.74) is 3.17. The average molecular weight is 506 g/mol. The van der Waals surface area contributed by atoms with Gasteiger partial charge in [0.05, 0.1) is 24.3 Å². The molecule has 0 heterocycles. The number of benzene rings is 3. The van der Waals surface area contributed by atoms with Crippen molar-refractivity contribution in [3.63, 3.8) is 0 Å². The van der Waals surface area contributed by atoms with Gasteiger partial charge in [-0.1, -0.05) is 23.7 Å². The van der Waals surface area contributed by atoms with Gasteiger partial charge in [0.15, 0.2) is 0 Å². The summed E-state index contributed by atoms with van der Waals surface area (Å²) in [6, 6.07) is 16.2. The zero-order valence-electron chi connectivity index (χ0n) is 17.2. The van der Waals surface area contributed by atoms with E-state index in [1.807, 2.05) is 36.4 Å². The van der Waals surface area contributed by atoms with Crippen molar-refractivity contribution in [1.29, 1.82) is 0 Å². The van der Waals surface area contributed by atoms with Crippen molar-refractivity contribution in [2.75, 3.05) is 14.2 Å². The van der Waals surface area contributed by atoms with E-state index in [4.69, 9.17) is 30.9 Å². The maximum atomic E-state index is 11.0. The highest BCUT2D eigenvalue weighted by Gasteiger charge is 2.13. The van der Waals surface area contributed by atoms with E-state index in [1.165, 1.54) is 0 Å². The summed E-state index contributed by atoms with van der Waals surface area (Å²) in [4.78, 5) is 11.0. The Morgan fingerprint density at radius 1 is 0.935 bits per heavy atom. The molecule has 0 atom stereocenters. The Bertz CT molecular complexity index is 1040. The van der Waals surface area contributed by atoms with Gasteiger partial charge in [0, 0.05) is 11.1 Å². The highest BCUT2D eigenvalue weighted by Crippen LogP contribution is 2.35. The largest absolute Gasteiger partial charge is 0.497 e. The van der Waals surface area contributed by atoms with Crippen molar-refractivity contribution in [3.05, 3.63) is 86.3 Å². The fourth-order valence-electron chi connectivity index (χ4n) is 3.16. The van der Waals surface area contributed by atoms with E-state index < -0.39 is 5.97 Å². The summed E-state index contributed by atoms with van der Waals surface area (Å²) in [6.45, 7) is 0.327. The van der Waals surface area contributed by atoms with Crippen molar-refractivity contribution in [1.82, 2.24) is 0 Å². The second-order valence-electron chi connectivity index (χ2n) is 6.89. The van der Waals surface area contributed by atoms with E-state index in [-0.39, 0.29) is 5.56 Å². The molecule has 0 unspecified atom stereocenters. The predicted octanol–water partition coefficient (Wildman–Crippen LogP) is 6.18. The van der Waals surface area contributed by atoms with Crippen molar-refractivity contribution >= 4 is 33.5 Å². The number of carboxylic acid groups (broad SMARTS) is 1. The van der Waals surface area contributed by atoms with E-state index in [0.29, 0.717) is 35.3 Å². The molecular formula is C24H22BrClO5. The van der Waals surface area contributed by atoms with E-state index in [0.717, 1.165) is 27.6 Å². The van der Waals surface area contributed by atoms with Crippen LogP contribution in [0.25, 0.3) is 0 Å². The number of hydrogen-bond acceptors (Lipinski definition) is 4. The third kappa shape index (κ3) is 6.15. The predicted molar refractivity (Wildman–Crippen MR) is 124 cm³/mol. The summed E-state index contributed by atoms with van der Waals surface area (Å²) in [7, 11) is 3.21. The molecule has 7 heteroatoms. The third-order valence-electron chi connectivity index (χ3n) is 4.76. The molecule has 0 aromatic heterocycles. The number of aryl methyl sites for hydroxylation is 2. The van der Waals surface area contributed by atoms with Gasteiger partial charge in [0.25, 0.3) is 0 Å². The highest BCUT2D eigenvalue weighted by atomic mass is 79.9. The van der Waals surface area contributed by atoms with Gasteiger partial charge in [-0.15, -0.1) is 0 Å². The van der Waals surface area contributed by atoms with Gasteiger partial charge in [-0.05, 0) is 81.9 Å². The molecule has 3 aromatic rings. The van der Waals surface area contributed by atoms with Crippen LogP contribution in [0, 0.1) is 0 Å². The number of carbonyl (C=O) groups is 1. The van der Waals surface area contributed by atoms with Gasteiger partial charge in [0.2, 0.25) is 0 Å². The maximum Gasteiger partial charge on any atom is 0.335 e. The monoisotopic (exact) mass is 504 g/mol. The van der Waals surface area contributed by atoms with Crippen LogP contribution >= 0.6 is 27.5 Å². The molecule has 0 saturated heterocycles. The minimum atomic E-state index is -0.935. The van der Waals surface area contributed by atoms with Crippen molar-refractivity contribution < 1.29 is 24.1 Å². The molecule has 0 bridgehead atoms. The lowest BCUT2D eigenvalue weighted by atomic mass is 10.0. The van der Waals surface area contributed by atoms with Crippen LogP contribution in [0.1, 0.15) is 27.0 Å². The lowest BCUT2D eigenvalue weighted by Crippen LogP contribution is -2.02. The number of carboxylic acids is 1. The molecule has 31 heavy (non-hydrogen) atoms. The first-order valence-electron chi connectivity index (χ1n) is 9.54. The number of rotatable bonds is 9. The quantitative estimate of drug-likeness (QED) is 0.376. The molecule has 0 aliphatic carbocycles. The first kappa shape index (κ1) is 23.0. The molecule has 0 fully saturated rings. The average Bonchev–Trinajstić information content (AvgIpc) is 2.76. The van der Waals surface area contributed by atoms with Crippen LogP contribution in [0.2, 0.25) is 5.02 Å². The fraction of sp³-hybridized carbons (Fsp3) is 0.208. The van der Waals surface area contributed by atoms with Crippen LogP contribution in [0.4, 0.5) is 0 Å². The van der Waals surface area contributed by atoms with Crippen LogP contribution in [-0.4, -0.2) is 25.3 Å². The van der Waals surface area contributed by atoms with Crippen molar-refractivity contribution in [2.24, 2.45) is 0 Å². The lowest BCUT2D eigenvalue weighted by Gasteiger charge is -2.15. The van der Waals surface area contributed by atoms with Gasteiger partial charge in [-0.3, -0.25) is 0 Å². The Morgan fingerprint density at radius 2 is 1.58 bits per heavy atom. The Kier molecular flexibility index (Phi) is 7.82. The van der Waals surface area contributed by atoms with E-state index in [9.17, 15) is 4.79 Å². The van der Waals surface area contributed by atoms with Crippen molar-refractivity contribution in [2.45, 2.75) is 19.4 Å². The Balaban J connectivity index is 1.77. The summed E-state index contributed by atoms with van der Waals surface area (Å²) in [5.74, 6) is 1.17. The van der Waals surface area contributed by atoms with Crippen LogP contribution in [-0.2, 0) is 19.4 Å². The molecule has 3 rings (SSSR count). The normalized spacial score (nSPS) is 10.6. The molecule has 0 aliphatic rings. The van der Waals surface area contributed by atoms with Crippen LogP contribution < -0.4 is 14.2 Å². The smallest absolute Gasteiger partial charge is 0.335 e. The molecule has 0 radical (unpaired) electrons.